The van der Waals surface area contributed by atoms with Crippen LogP contribution in [-0.2, 0) is 15.4 Å². The first kappa shape index (κ1) is 19.8. The van der Waals surface area contributed by atoms with Gasteiger partial charge in [0.05, 0.1) is 15.5 Å². The minimum atomic E-state index is -3.67. The number of carbonyl (C=O) groups excluding carboxylic acids is 1. The lowest BCUT2D eigenvalue weighted by Crippen LogP contribution is -2.32. The van der Waals surface area contributed by atoms with Gasteiger partial charge in [0.25, 0.3) is 5.91 Å². The highest BCUT2D eigenvalue weighted by atomic mass is 35.5. The number of nitrogens with one attached hydrogen (secondary N) is 1. The fourth-order valence-corrected chi connectivity index (χ4v) is 4.05. The molecule has 0 radical (unpaired) electrons. The summed E-state index contributed by atoms with van der Waals surface area (Å²) in [5.74, 6) is -0.742. The summed E-state index contributed by atoms with van der Waals surface area (Å²) in [6, 6.07) is 10.3. The van der Waals surface area contributed by atoms with Crippen LogP contribution >= 0.6 is 11.6 Å². The largest absolute Gasteiger partial charge is 0.351 e. The maximum absolute atomic E-state index is 13.1. The van der Waals surface area contributed by atoms with Crippen LogP contribution < -0.4 is 5.32 Å². The van der Waals surface area contributed by atoms with Crippen LogP contribution in [0.25, 0.3) is 0 Å². The molecule has 1 N–H and O–H groups in total. The molecule has 0 atom stereocenters. The van der Waals surface area contributed by atoms with E-state index in [1.165, 1.54) is 44.4 Å². The van der Waals surface area contributed by atoms with E-state index < -0.39 is 15.9 Å². The monoisotopic (exact) mass is 410 g/mol. The lowest BCUT2D eigenvalue weighted by atomic mass is 9.96. The van der Waals surface area contributed by atoms with Gasteiger partial charge in [-0.25, -0.2) is 17.1 Å². The Hall–Kier alpha value is -1.96. The quantitative estimate of drug-likeness (QED) is 0.795. The van der Waals surface area contributed by atoms with E-state index in [-0.39, 0.29) is 26.7 Å². The van der Waals surface area contributed by atoms with Crippen molar-refractivity contribution in [1.82, 2.24) is 9.62 Å². The van der Waals surface area contributed by atoms with Crippen LogP contribution in [0.2, 0.25) is 5.02 Å². The zero-order valence-corrected chi connectivity index (χ0v) is 16.6. The van der Waals surface area contributed by atoms with Gasteiger partial charge in [0.1, 0.15) is 5.82 Å². The van der Waals surface area contributed by atoms with Crippen LogP contribution in [-0.4, -0.2) is 39.3 Å². The van der Waals surface area contributed by atoms with E-state index in [9.17, 15) is 17.6 Å². The first-order valence-electron chi connectivity index (χ1n) is 8.42. The van der Waals surface area contributed by atoms with E-state index in [1.807, 2.05) is 0 Å². The average molecular weight is 411 g/mol. The summed E-state index contributed by atoms with van der Waals surface area (Å²) in [7, 11) is -0.829. The summed E-state index contributed by atoms with van der Waals surface area (Å²) >= 11 is 6.11. The molecule has 0 spiro atoms. The van der Waals surface area contributed by atoms with E-state index in [4.69, 9.17) is 11.6 Å². The third-order valence-corrected chi connectivity index (χ3v) is 7.00. The molecule has 0 aromatic heterocycles. The lowest BCUT2D eigenvalue weighted by molar-refractivity contribution is 0.0949. The van der Waals surface area contributed by atoms with E-state index in [2.05, 4.69) is 5.32 Å². The van der Waals surface area contributed by atoms with Crippen molar-refractivity contribution in [1.29, 1.82) is 0 Å². The van der Waals surface area contributed by atoms with E-state index >= 15 is 0 Å². The number of nitrogens with zero attached hydrogens (tertiary/aromatic N) is 1. The topological polar surface area (TPSA) is 66.5 Å². The number of hydrogen-bond donors (Lipinski definition) is 1. The van der Waals surface area contributed by atoms with Crippen molar-refractivity contribution in [2.45, 2.75) is 23.2 Å². The van der Waals surface area contributed by atoms with Crippen molar-refractivity contribution < 1.29 is 17.6 Å². The molecular weight excluding hydrogens is 391 g/mol. The van der Waals surface area contributed by atoms with Crippen molar-refractivity contribution in [3.63, 3.8) is 0 Å². The van der Waals surface area contributed by atoms with Gasteiger partial charge in [-0.2, -0.15) is 0 Å². The molecule has 1 fully saturated rings. The van der Waals surface area contributed by atoms with Gasteiger partial charge in [0, 0.05) is 26.1 Å². The SMILES string of the molecule is CN(C)S(=O)(=O)c1ccc(Cl)c(C(=O)NCC2(c3ccc(F)cc3)CC2)c1. The molecule has 8 heteroatoms. The Bertz CT molecular complexity index is 971. The summed E-state index contributed by atoms with van der Waals surface area (Å²) in [5.41, 5.74) is 0.872. The zero-order valence-electron chi connectivity index (χ0n) is 15.0. The summed E-state index contributed by atoms with van der Waals surface area (Å²) < 4.78 is 38.8. The number of hydrogen-bond acceptors (Lipinski definition) is 3. The molecular formula is C19H20ClFN2O3S. The molecule has 1 saturated carbocycles. The predicted molar refractivity (Wildman–Crippen MR) is 102 cm³/mol. The molecule has 3 rings (SSSR count). The Morgan fingerprint density at radius 3 is 2.37 bits per heavy atom. The van der Waals surface area contributed by atoms with Crippen LogP contribution in [0.5, 0.6) is 0 Å². The molecule has 1 amide bonds. The van der Waals surface area contributed by atoms with Crippen molar-refractivity contribution >= 4 is 27.5 Å². The average Bonchev–Trinajstić information content (AvgIpc) is 3.41. The van der Waals surface area contributed by atoms with Crippen LogP contribution in [0, 0.1) is 5.82 Å². The van der Waals surface area contributed by atoms with Crippen LogP contribution in [0.15, 0.2) is 47.4 Å². The minimum absolute atomic E-state index is 0.00159. The second kappa shape index (κ2) is 7.22. The highest BCUT2D eigenvalue weighted by molar-refractivity contribution is 7.89. The Kier molecular flexibility index (Phi) is 5.29. The molecule has 0 aliphatic heterocycles. The number of halogens is 2. The highest BCUT2D eigenvalue weighted by Crippen LogP contribution is 2.47. The van der Waals surface area contributed by atoms with Gasteiger partial charge in [-0.15, -0.1) is 0 Å². The van der Waals surface area contributed by atoms with Crippen molar-refractivity contribution in [3.8, 4) is 0 Å². The van der Waals surface area contributed by atoms with Gasteiger partial charge in [0.2, 0.25) is 10.0 Å². The minimum Gasteiger partial charge on any atom is -0.351 e. The van der Waals surface area contributed by atoms with Gasteiger partial charge >= 0.3 is 0 Å². The van der Waals surface area contributed by atoms with Crippen LogP contribution in [0.3, 0.4) is 0 Å². The lowest BCUT2D eigenvalue weighted by Gasteiger charge is -2.17. The summed E-state index contributed by atoms with van der Waals surface area (Å²) in [6.07, 6.45) is 1.78. The second-order valence-corrected chi connectivity index (χ2v) is 9.46. The third-order valence-electron chi connectivity index (χ3n) is 4.86. The first-order chi connectivity index (χ1) is 12.7. The van der Waals surface area contributed by atoms with Gasteiger partial charge in [-0.1, -0.05) is 23.7 Å². The maximum Gasteiger partial charge on any atom is 0.252 e. The van der Waals surface area contributed by atoms with E-state index in [0.717, 1.165) is 22.7 Å². The summed E-state index contributed by atoms with van der Waals surface area (Å²) in [6.45, 7) is 0.373. The Labute approximate surface area is 163 Å². The highest BCUT2D eigenvalue weighted by Gasteiger charge is 2.44. The van der Waals surface area contributed by atoms with Gasteiger partial charge in [-0.05, 0) is 48.7 Å². The Morgan fingerprint density at radius 1 is 1.19 bits per heavy atom. The molecule has 5 nitrogen and oxygen atoms in total. The van der Waals surface area contributed by atoms with Crippen molar-refractivity contribution in [2.75, 3.05) is 20.6 Å². The normalized spacial score (nSPS) is 15.6. The number of carbonyl (C=O) groups is 1. The first-order valence-corrected chi connectivity index (χ1v) is 10.2. The number of amides is 1. The Morgan fingerprint density at radius 2 is 1.81 bits per heavy atom. The van der Waals surface area contributed by atoms with Gasteiger partial charge in [-0.3, -0.25) is 4.79 Å². The number of rotatable bonds is 6. The van der Waals surface area contributed by atoms with E-state index in [0.29, 0.717) is 6.54 Å². The number of benzene rings is 2. The van der Waals surface area contributed by atoms with E-state index in [1.54, 1.807) is 12.1 Å². The van der Waals surface area contributed by atoms with Crippen molar-refractivity contribution in [2.24, 2.45) is 0 Å². The Balaban J connectivity index is 1.78. The molecule has 0 bridgehead atoms. The maximum atomic E-state index is 13.1. The molecule has 1 aliphatic rings. The molecule has 144 valence electrons. The fraction of sp³-hybridized carbons (Fsp3) is 0.316. The molecule has 27 heavy (non-hydrogen) atoms. The van der Waals surface area contributed by atoms with Gasteiger partial charge < -0.3 is 5.32 Å². The summed E-state index contributed by atoms with van der Waals surface area (Å²) in [4.78, 5) is 12.6. The number of sulfonamides is 1. The standard InChI is InChI=1S/C19H20ClFN2O3S/c1-23(2)27(25,26)15-7-8-17(20)16(11-15)18(24)22-12-19(9-10-19)13-3-5-14(21)6-4-13/h3-8,11H,9-10,12H2,1-2H3,(H,22,24). The second-order valence-electron chi connectivity index (χ2n) is 6.90. The van der Waals surface area contributed by atoms with Crippen LogP contribution in [0.4, 0.5) is 4.39 Å². The fourth-order valence-electron chi connectivity index (χ4n) is 2.92. The molecule has 1 aliphatic carbocycles. The van der Waals surface area contributed by atoms with Gasteiger partial charge in [0.15, 0.2) is 0 Å². The molecule has 0 saturated heterocycles. The molecule has 2 aromatic carbocycles. The predicted octanol–water partition coefficient (Wildman–Crippen LogP) is 3.19. The molecule has 0 unspecified atom stereocenters. The third kappa shape index (κ3) is 4.00. The molecule has 0 heterocycles. The molecule has 2 aromatic rings. The van der Waals surface area contributed by atoms with Crippen LogP contribution in [0.1, 0.15) is 28.8 Å². The zero-order chi connectivity index (χ0) is 19.8. The summed E-state index contributed by atoms with van der Waals surface area (Å²) in [5, 5.41) is 3.02. The smallest absolute Gasteiger partial charge is 0.252 e. The van der Waals surface area contributed by atoms with Crippen molar-refractivity contribution in [3.05, 3.63) is 64.4 Å².